The van der Waals surface area contributed by atoms with Crippen molar-refractivity contribution in [1.82, 2.24) is 5.32 Å². The summed E-state index contributed by atoms with van der Waals surface area (Å²) < 4.78 is 36.2. The van der Waals surface area contributed by atoms with Crippen LogP contribution in [0.15, 0.2) is 18.2 Å². The van der Waals surface area contributed by atoms with Crippen LogP contribution in [0.2, 0.25) is 0 Å². The summed E-state index contributed by atoms with van der Waals surface area (Å²) >= 11 is -1.77. The molecule has 0 radical (unpaired) electrons. The maximum Gasteiger partial charge on any atom is 0.414 e. The summed E-state index contributed by atoms with van der Waals surface area (Å²) in [7, 11) is 1.24. The number of piperidine rings is 1. The molecule has 1 unspecified atom stereocenters. The van der Waals surface area contributed by atoms with Gasteiger partial charge < -0.3 is 20.1 Å². The Morgan fingerprint density at radius 1 is 1.42 bits per heavy atom. The topological polar surface area (TPSA) is 118 Å². The number of carbonyl (C=O) groups excluding carboxylic acids is 2. The zero-order valence-electron chi connectivity index (χ0n) is 17.3. The van der Waals surface area contributed by atoms with E-state index in [9.17, 15) is 23.3 Å². The fraction of sp³-hybridized carbons (Fsp3) is 0.579. The summed E-state index contributed by atoms with van der Waals surface area (Å²) in [4.78, 5) is 30.6. The largest absolute Gasteiger partial charge is 0.442 e. The van der Waals surface area contributed by atoms with Crippen molar-refractivity contribution in [2.24, 2.45) is 0 Å². The minimum absolute atomic E-state index is 0.0905. The lowest BCUT2D eigenvalue weighted by atomic mass is 9.93. The highest BCUT2D eigenvalue weighted by atomic mass is 32.2. The molecule has 0 spiro atoms. The van der Waals surface area contributed by atoms with Crippen LogP contribution in [0.3, 0.4) is 0 Å². The molecule has 3 rings (SSSR count). The van der Waals surface area contributed by atoms with Crippen molar-refractivity contribution < 1.29 is 37.3 Å². The molecule has 0 saturated carbocycles. The summed E-state index contributed by atoms with van der Waals surface area (Å²) in [5.74, 6) is -0.824. The highest BCUT2D eigenvalue weighted by molar-refractivity contribution is 7.80. The van der Waals surface area contributed by atoms with Crippen LogP contribution in [-0.2, 0) is 29.8 Å². The van der Waals surface area contributed by atoms with Gasteiger partial charge in [0.15, 0.2) is 11.1 Å². The fourth-order valence-corrected chi connectivity index (χ4v) is 4.57. The average molecular weight is 459 g/mol. The first kappa shape index (κ1) is 23.4. The van der Waals surface area contributed by atoms with E-state index in [1.807, 2.05) is 0 Å². The quantitative estimate of drug-likeness (QED) is 0.434. The number of nitrogens with zero attached hydrogens (tertiary/aromatic N) is 2. The molecular formula is C19H26FN3O7S. The Morgan fingerprint density at radius 2 is 2.13 bits per heavy atom. The SMILES string of the molecule is COOS(=O)CC1(O)CCN(c2ccc(N3C[C@H](CNC(C)=O)OC3=O)cc2F)CC1. The number of anilines is 2. The Morgan fingerprint density at radius 3 is 2.74 bits per heavy atom. The number of cyclic esters (lactones) is 1. The predicted octanol–water partition coefficient (Wildman–Crippen LogP) is 0.860. The monoisotopic (exact) mass is 459 g/mol. The normalized spacial score (nSPS) is 21.7. The van der Waals surface area contributed by atoms with Gasteiger partial charge in [0.25, 0.3) is 0 Å². The number of carbonyl (C=O) groups is 2. The van der Waals surface area contributed by atoms with Crippen molar-refractivity contribution in [3.63, 3.8) is 0 Å². The molecule has 2 heterocycles. The van der Waals surface area contributed by atoms with Gasteiger partial charge in [-0.05, 0) is 31.0 Å². The minimum atomic E-state index is -1.77. The van der Waals surface area contributed by atoms with E-state index in [4.69, 9.17) is 4.74 Å². The minimum Gasteiger partial charge on any atom is -0.442 e. The number of benzene rings is 1. The van der Waals surface area contributed by atoms with Gasteiger partial charge in [0.05, 0.1) is 42.9 Å². The first-order chi connectivity index (χ1) is 14.7. The fourth-order valence-electron chi connectivity index (χ4n) is 3.64. The van der Waals surface area contributed by atoms with Gasteiger partial charge in [-0.3, -0.25) is 9.69 Å². The molecule has 2 aliphatic rings. The molecule has 0 aliphatic carbocycles. The molecule has 1 aromatic carbocycles. The number of hydrogen-bond donors (Lipinski definition) is 2. The summed E-state index contributed by atoms with van der Waals surface area (Å²) in [5, 5.41) is 13.2. The second-order valence-electron chi connectivity index (χ2n) is 7.58. The zero-order valence-corrected chi connectivity index (χ0v) is 18.2. The van der Waals surface area contributed by atoms with Crippen LogP contribution in [-0.4, -0.2) is 72.1 Å². The lowest BCUT2D eigenvalue weighted by molar-refractivity contribution is -0.167. The van der Waals surface area contributed by atoms with Gasteiger partial charge in [-0.25, -0.2) is 18.3 Å². The van der Waals surface area contributed by atoms with E-state index in [1.54, 1.807) is 17.0 Å². The van der Waals surface area contributed by atoms with Gasteiger partial charge in [-0.2, -0.15) is 0 Å². The summed E-state index contributed by atoms with van der Waals surface area (Å²) in [5.41, 5.74) is -0.474. The molecule has 12 heteroatoms. The van der Waals surface area contributed by atoms with Gasteiger partial charge in [0.1, 0.15) is 11.9 Å². The smallest absolute Gasteiger partial charge is 0.414 e. The van der Waals surface area contributed by atoms with Gasteiger partial charge in [0, 0.05) is 20.0 Å². The highest BCUT2D eigenvalue weighted by Crippen LogP contribution is 2.32. The summed E-state index contributed by atoms with van der Waals surface area (Å²) in [6, 6.07) is 4.47. The molecule has 0 bridgehead atoms. The van der Waals surface area contributed by atoms with Gasteiger partial charge in [-0.1, -0.05) is 0 Å². The molecule has 2 N–H and O–H groups in total. The molecule has 2 aliphatic heterocycles. The van der Waals surface area contributed by atoms with Crippen molar-refractivity contribution in [3.8, 4) is 0 Å². The number of ether oxygens (including phenoxy) is 1. The van der Waals surface area contributed by atoms with Crippen LogP contribution >= 0.6 is 0 Å². The molecule has 10 nitrogen and oxygen atoms in total. The molecule has 2 fully saturated rings. The second-order valence-corrected chi connectivity index (χ2v) is 8.62. The number of amides is 2. The molecular weight excluding hydrogens is 433 g/mol. The predicted molar refractivity (Wildman–Crippen MR) is 110 cm³/mol. The Bertz CT molecular complexity index is 848. The lowest BCUT2D eigenvalue weighted by Crippen LogP contribution is -2.48. The molecule has 2 saturated heterocycles. The van der Waals surface area contributed by atoms with Crippen molar-refractivity contribution in [2.75, 3.05) is 48.8 Å². The van der Waals surface area contributed by atoms with Crippen LogP contribution in [0.1, 0.15) is 19.8 Å². The Labute approximate surface area is 181 Å². The molecule has 0 aromatic heterocycles. The highest BCUT2D eigenvalue weighted by Gasteiger charge is 2.36. The van der Waals surface area contributed by atoms with Gasteiger partial charge >= 0.3 is 6.09 Å². The first-order valence-corrected chi connectivity index (χ1v) is 11.0. The third kappa shape index (κ3) is 5.91. The van der Waals surface area contributed by atoms with Crippen LogP contribution in [0.4, 0.5) is 20.6 Å². The van der Waals surface area contributed by atoms with Crippen molar-refractivity contribution >= 4 is 34.5 Å². The number of rotatable bonds is 8. The molecule has 2 atom stereocenters. The van der Waals surface area contributed by atoms with E-state index in [2.05, 4.69) is 14.5 Å². The van der Waals surface area contributed by atoms with Gasteiger partial charge in [0.2, 0.25) is 5.91 Å². The third-order valence-corrected chi connectivity index (χ3v) is 6.32. The van der Waals surface area contributed by atoms with Crippen molar-refractivity contribution in [2.45, 2.75) is 31.5 Å². The van der Waals surface area contributed by atoms with Gasteiger partial charge in [-0.15, -0.1) is 4.33 Å². The first-order valence-electron chi connectivity index (χ1n) is 9.80. The average Bonchev–Trinajstić information content (AvgIpc) is 3.08. The van der Waals surface area contributed by atoms with E-state index in [0.29, 0.717) is 24.5 Å². The Hall–Kier alpha value is -2.28. The number of hydrogen-bond acceptors (Lipinski definition) is 8. The number of halogens is 1. The molecule has 1 aromatic rings. The van der Waals surface area contributed by atoms with Crippen LogP contribution in [0.25, 0.3) is 0 Å². The van der Waals surface area contributed by atoms with E-state index in [-0.39, 0.29) is 37.6 Å². The third-order valence-electron chi connectivity index (χ3n) is 5.26. The van der Waals surface area contributed by atoms with Crippen LogP contribution < -0.4 is 15.1 Å². The number of nitrogens with one attached hydrogen (secondary N) is 1. The molecule has 2 amide bonds. The van der Waals surface area contributed by atoms with Crippen molar-refractivity contribution in [1.29, 1.82) is 0 Å². The maximum absolute atomic E-state index is 14.8. The van der Waals surface area contributed by atoms with E-state index < -0.39 is 34.7 Å². The molecule has 172 valence electrons. The molecule has 31 heavy (non-hydrogen) atoms. The van der Waals surface area contributed by atoms with Crippen LogP contribution in [0.5, 0.6) is 0 Å². The summed E-state index contributed by atoms with van der Waals surface area (Å²) in [6.07, 6.45) is -0.532. The lowest BCUT2D eigenvalue weighted by Gasteiger charge is -2.38. The van der Waals surface area contributed by atoms with E-state index in [1.165, 1.54) is 25.0 Å². The number of aliphatic hydroxyl groups is 1. The second kappa shape index (κ2) is 9.90. The Balaban J connectivity index is 1.61. The summed E-state index contributed by atoms with van der Waals surface area (Å²) in [6.45, 7) is 2.49. The maximum atomic E-state index is 14.8. The van der Waals surface area contributed by atoms with Crippen molar-refractivity contribution in [3.05, 3.63) is 24.0 Å². The van der Waals surface area contributed by atoms with Crippen LogP contribution in [0, 0.1) is 5.82 Å². The standard InChI is InChI=1S/C19H26FN3O7S/c1-13(24)21-10-15-11-23(18(25)29-15)14-3-4-17(16(20)9-14)22-7-5-19(26,6-8-22)12-31(27)30-28-2/h3-4,9,15,26H,5-8,10-12H2,1-2H3,(H,21,24)/t15-,31?/m0/s1. The van der Waals surface area contributed by atoms with E-state index >= 15 is 0 Å². The Kier molecular flexibility index (Phi) is 7.46. The zero-order chi connectivity index (χ0) is 22.6. The van der Waals surface area contributed by atoms with E-state index in [0.717, 1.165) is 0 Å².